The van der Waals surface area contributed by atoms with Gasteiger partial charge in [0.15, 0.2) is 0 Å². The molecule has 4 aliphatic rings. The van der Waals surface area contributed by atoms with E-state index < -0.39 is 0 Å². The molecule has 0 amide bonds. The fraction of sp³-hybridized carbons (Fsp3) is 0.297. The normalized spacial score (nSPS) is 15.7. The minimum Gasteiger partial charge on any atom is -0.313 e. The predicted octanol–water partition coefficient (Wildman–Crippen LogP) is 18.1. The molecule has 0 unspecified atom stereocenters. The lowest BCUT2D eigenvalue weighted by Gasteiger charge is -2.45. The summed E-state index contributed by atoms with van der Waals surface area (Å²) >= 11 is 0. The van der Waals surface area contributed by atoms with Crippen LogP contribution in [0.15, 0.2) is 188 Å². The van der Waals surface area contributed by atoms with Crippen LogP contribution in [0.4, 0.5) is 34.1 Å². The zero-order valence-corrected chi connectivity index (χ0v) is 47.8. The van der Waals surface area contributed by atoms with E-state index in [9.17, 15) is 0 Å². The maximum atomic E-state index is 2.68. The van der Waals surface area contributed by atoms with Gasteiger partial charge in [0.25, 0.3) is 6.71 Å². The van der Waals surface area contributed by atoms with E-state index in [2.05, 4.69) is 272 Å². The van der Waals surface area contributed by atoms with E-state index >= 15 is 0 Å². The second kappa shape index (κ2) is 18.7. The number of benzene rings is 8. The van der Waals surface area contributed by atoms with Crippen LogP contribution in [0.2, 0.25) is 0 Å². The first-order valence-electron chi connectivity index (χ1n) is 29.2. The highest BCUT2D eigenvalue weighted by Crippen LogP contribution is 2.50. The molecule has 13 rings (SSSR count). The Balaban J connectivity index is 1.09. The molecule has 4 heteroatoms. The lowest BCUT2D eigenvalue weighted by atomic mass is 9.33. The SMILES string of the molecule is CC(C)(C)C1=Cc2c(n(-c3ccc4c(c3)N(c3ccccc3)c3cc(C5CCCCC5)cc5c3B4c3ccc(C(C)(C)c4ccccc4)cc3N5c3cccc(C(C)(C)c4ccccc4)c3)c3ccc(C(C)(C)C)cc23)CC1. The summed E-state index contributed by atoms with van der Waals surface area (Å²) in [7, 11) is 0. The number of hydrogen-bond acceptors (Lipinski definition) is 2. The molecule has 2 aliphatic heterocycles. The largest absolute Gasteiger partial charge is 0.313 e. The minimum absolute atomic E-state index is 0.00885. The van der Waals surface area contributed by atoms with Crippen LogP contribution in [0, 0.1) is 5.41 Å². The van der Waals surface area contributed by atoms with Crippen molar-refractivity contribution in [2.45, 2.75) is 136 Å². The Kier molecular flexibility index (Phi) is 12.0. The average molecular weight is 1020 g/mol. The van der Waals surface area contributed by atoms with Crippen LogP contribution in [0.25, 0.3) is 22.7 Å². The maximum absolute atomic E-state index is 2.68. The van der Waals surface area contributed by atoms with Gasteiger partial charge in [-0.1, -0.05) is 215 Å². The van der Waals surface area contributed by atoms with Crippen molar-refractivity contribution < 1.29 is 0 Å². The van der Waals surface area contributed by atoms with E-state index in [1.165, 1.54) is 149 Å². The quantitative estimate of drug-likeness (QED) is 0.141. The fourth-order valence-electron chi connectivity index (χ4n) is 14.0. The van der Waals surface area contributed by atoms with Gasteiger partial charge in [-0.25, -0.2) is 0 Å². The van der Waals surface area contributed by atoms with Crippen molar-refractivity contribution in [1.29, 1.82) is 0 Å². The molecule has 390 valence electrons. The zero-order valence-electron chi connectivity index (χ0n) is 47.8. The van der Waals surface area contributed by atoms with E-state index in [1.54, 1.807) is 0 Å². The van der Waals surface area contributed by atoms with E-state index in [0.29, 0.717) is 5.92 Å². The Morgan fingerprint density at radius 2 is 0.974 bits per heavy atom. The number of allylic oxidation sites excluding steroid dienone is 1. The standard InChI is InChI=1S/C74H76BN3/c1-71(2,3)53-35-40-64-60(45-53)61-46-54(72(4,5)6)36-41-65(61)77(64)59-37-39-63-67(48-59)76(57-31-21-14-22-32-57)68-42-50(49-24-15-11-16-25-49)43-69-70(68)75(63)62-38-34-56(74(9,10)52-28-19-13-20-29-52)47-66(62)78(69)58-33-23-30-55(44-58)73(7,8)51-26-17-12-18-27-51/h12-14,17-23,26-35,37-40,42-49H,11,15-16,24-25,36,41H2,1-10H3. The summed E-state index contributed by atoms with van der Waals surface area (Å²) in [4.78, 5) is 5.33. The number of hydrogen-bond donors (Lipinski definition) is 0. The summed E-state index contributed by atoms with van der Waals surface area (Å²) in [5.41, 5.74) is 26.2. The molecule has 0 bridgehead atoms. The van der Waals surface area contributed by atoms with Gasteiger partial charge in [-0.2, -0.15) is 0 Å². The van der Waals surface area contributed by atoms with Crippen molar-refractivity contribution >= 4 is 74.2 Å². The summed E-state index contributed by atoms with van der Waals surface area (Å²) < 4.78 is 2.63. The van der Waals surface area contributed by atoms with Crippen LogP contribution in [0.5, 0.6) is 0 Å². The molecular weight excluding hydrogens is 942 g/mol. The molecule has 2 aliphatic carbocycles. The van der Waals surface area contributed by atoms with Crippen LogP contribution in [-0.2, 0) is 22.7 Å². The van der Waals surface area contributed by atoms with Gasteiger partial charge in [-0.3, -0.25) is 0 Å². The van der Waals surface area contributed by atoms with Crippen molar-refractivity contribution in [2.75, 3.05) is 9.80 Å². The average Bonchev–Trinajstić information content (AvgIpc) is 3.16. The highest BCUT2D eigenvalue weighted by Gasteiger charge is 2.45. The fourth-order valence-corrected chi connectivity index (χ4v) is 14.0. The first kappa shape index (κ1) is 50.2. The predicted molar refractivity (Wildman–Crippen MR) is 335 cm³/mol. The van der Waals surface area contributed by atoms with Gasteiger partial charge in [0.05, 0.1) is 5.52 Å². The summed E-state index contributed by atoms with van der Waals surface area (Å²) in [5.74, 6) is 0.487. The molecule has 3 heterocycles. The molecule has 78 heavy (non-hydrogen) atoms. The molecular formula is C74H76BN3. The molecule has 3 nitrogen and oxygen atoms in total. The molecule has 0 radical (unpaired) electrons. The van der Waals surface area contributed by atoms with E-state index in [4.69, 9.17) is 0 Å². The van der Waals surface area contributed by atoms with E-state index in [-0.39, 0.29) is 28.4 Å². The molecule has 0 N–H and O–H groups in total. The number of aromatic nitrogens is 1. The Morgan fingerprint density at radius 1 is 0.423 bits per heavy atom. The molecule has 0 atom stereocenters. The van der Waals surface area contributed by atoms with Crippen molar-refractivity contribution in [3.63, 3.8) is 0 Å². The lowest BCUT2D eigenvalue weighted by Crippen LogP contribution is -2.61. The van der Waals surface area contributed by atoms with Gasteiger partial charge in [0.1, 0.15) is 0 Å². The lowest BCUT2D eigenvalue weighted by molar-refractivity contribution is 0.444. The third-order valence-corrected chi connectivity index (χ3v) is 18.9. The maximum Gasteiger partial charge on any atom is 0.252 e. The van der Waals surface area contributed by atoms with Crippen molar-refractivity contribution in [2.24, 2.45) is 5.41 Å². The van der Waals surface area contributed by atoms with Gasteiger partial charge < -0.3 is 14.4 Å². The third-order valence-electron chi connectivity index (χ3n) is 18.9. The molecule has 1 saturated carbocycles. The number of fused-ring (bicyclic) bond motifs is 7. The monoisotopic (exact) mass is 1020 g/mol. The van der Waals surface area contributed by atoms with Gasteiger partial charge >= 0.3 is 0 Å². The van der Waals surface area contributed by atoms with Gasteiger partial charge in [0.2, 0.25) is 0 Å². The number of nitrogens with zero attached hydrogens (tertiary/aromatic N) is 3. The third kappa shape index (κ3) is 8.31. The molecule has 1 fully saturated rings. The van der Waals surface area contributed by atoms with Crippen molar-refractivity contribution in [3.8, 4) is 5.69 Å². The zero-order chi connectivity index (χ0) is 53.9. The first-order chi connectivity index (χ1) is 37.5. The molecule has 1 aromatic heterocycles. The van der Waals surface area contributed by atoms with Crippen LogP contribution in [-0.4, -0.2) is 11.3 Å². The molecule has 9 aromatic rings. The second-order valence-electron chi connectivity index (χ2n) is 26.4. The van der Waals surface area contributed by atoms with Crippen molar-refractivity contribution in [1.82, 2.24) is 4.57 Å². The summed E-state index contributed by atoms with van der Waals surface area (Å²) in [5, 5.41) is 1.36. The summed E-state index contributed by atoms with van der Waals surface area (Å²) in [6, 6.07) is 70.6. The Morgan fingerprint density at radius 3 is 1.60 bits per heavy atom. The number of anilines is 6. The summed E-state index contributed by atoms with van der Waals surface area (Å²) in [6.45, 7) is 23.7. The summed E-state index contributed by atoms with van der Waals surface area (Å²) in [6.07, 6.45) is 10.9. The van der Waals surface area contributed by atoms with Crippen molar-refractivity contribution in [3.05, 3.63) is 232 Å². The molecule has 0 spiro atoms. The van der Waals surface area contributed by atoms with Crippen LogP contribution in [0.3, 0.4) is 0 Å². The number of para-hydroxylation sites is 1. The first-order valence-corrected chi connectivity index (χ1v) is 29.2. The van der Waals surface area contributed by atoms with Gasteiger partial charge in [0, 0.05) is 67.3 Å². The van der Waals surface area contributed by atoms with Crippen LogP contribution in [0.1, 0.15) is 158 Å². The van der Waals surface area contributed by atoms with Crippen LogP contribution < -0.4 is 26.2 Å². The Labute approximate surface area is 465 Å². The highest BCUT2D eigenvalue weighted by atomic mass is 15.2. The second-order valence-corrected chi connectivity index (χ2v) is 26.4. The van der Waals surface area contributed by atoms with Gasteiger partial charge in [-0.05, 0) is 159 Å². The smallest absolute Gasteiger partial charge is 0.252 e. The highest BCUT2D eigenvalue weighted by molar-refractivity contribution is 7.00. The minimum atomic E-state index is -0.243. The topological polar surface area (TPSA) is 11.4 Å². The number of rotatable bonds is 8. The Hall–Kier alpha value is -7.30. The van der Waals surface area contributed by atoms with Crippen LogP contribution >= 0.6 is 0 Å². The Bertz CT molecular complexity index is 3800. The molecule has 0 saturated heterocycles. The van der Waals surface area contributed by atoms with E-state index in [0.717, 1.165) is 12.8 Å². The van der Waals surface area contributed by atoms with E-state index in [1.807, 2.05) is 0 Å². The molecule has 8 aromatic carbocycles. The van der Waals surface area contributed by atoms with Gasteiger partial charge in [-0.15, -0.1) is 0 Å².